The molecule has 1 unspecified atom stereocenters. The van der Waals surface area contributed by atoms with Crippen LogP contribution in [0.1, 0.15) is 83.2 Å². The van der Waals surface area contributed by atoms with Gasteiger partial charge in [-0.05, 0) is 59.3 Å². The van der Waals surface area contributed by atoms with Crippen molar-refractivity contribution in [3.63, 3.8) is 0 Å². The molecule has 0 saturated carbocycles. The van der Waals surface area contributed by atoms with Crippen molar-refractivity contribution in [3.05, 3.63) is 53.4 Å². The molecule has 2 heterocycles. The van der Waals surface area contributed by atoms with Crippen LogP contribution in [0.3, 0.4) is 0 Å². The molecule has 0 aliphatic heterocycles. The van der Waals surface area contributed by atoms with Gasteiger partial charge in [-0.3, -0.25) is 4.98 Å². The minimum Gasteiger partial charge on any atom is -0.264 e. The van der Waals surface area contributed by atoms with Crippen LogP contribution in [0.15, 0.2) is 31.0 Å². The van der Waals surface area contributed by atoms with Crippen LogP contribution < -0.4 is 0 Å². The topological polar surface area (TPSA) is 38.7 Å². The Balaban J connectivity index is 1.86. The maximum atomic E-state index is 4.62. The normalized spacial score (nSPS) is 22.0. The van der Waals surface area contributed by atoms with E-state index >= 15 is 0 Å². The molecule has 1 aliphatic rings. The maximum Gasteiger partial charge on any atom is 0.115 e. The van der Waals surface area contributed by atoms with E-state index in [1.165, 1.54) is 22.4 Å². The van der Waals surface area contributed by atoms with Crippen molar-refractivity contribution < 1.29 is 0 Å². The van der Waals surface area contributed by atoms with E-state index in [4.69, 9.17) is 0 Å². The molecule has 3 nitrogen and oxygen atoms in total. The molecule has 0 spiro atoms. The van der Waals surface area contributed by atoms with Gasteiger partial charge in [0.25, 0.3) is 0 Å². The number of fused-ring (bicyclic) bond motifs is 1. The Kier molecular flexibility index (Phi) is 4.47. The van der Waals surface area contributed by atoms with Crippen LogP contribution in [0.2, 0.25) is 0 Å². The largest absolute Gasteiger partial charge is 0.264 e. The molecule has 3 heteroatoms. The first-order valence-electron chi connectivity index (χ1n) is 9.44. The van der Waals surface area contributed by atoms with Crippen molar-refractivity contribution in [1.82, 2.24) is 15.0 Å². The summed E-state index contributed by atoms with van der Waals surface area (Å²) in [6.07, 6.45) is 12.2. The molecule has 2 aromatic rings. The van der Waals surface area contributed by atoms with Crippen LogP contribution >= 0.6 is 0 Å². The van der Waals surface area contributed by atoms with Crippen LogP contribution in [0.25, 0.3) is 0 Å². The van der Waals surface area contributed by atoms with Gasteiger partial charge in [0.15, 0.2) is 0 Å². The van der Waals surface area contributed by atoms with Gasteiger partial charge in [-0.25, -0.2) is 9.97 Å². The predicted octanol–water partition coefficient (Wildman–Crippen LogP) is 5.13. The lowest BCUT2D eigenvalue weighted by molar-refractivity contribution is 0.312. The number of pyridine rings is 1. The number of hydrogen-bond acceptors (Lipinski definition) is 3. The van der Waals surface area contributed by atoms with Crippen LogP contribution in [0, 0.1) is 0 Å². The smallest absolute Gasteiger partial charge is 0.115 e. The van der Waals surface area contributed by atoms with Gasteiger partial charge in [-0.2, -0.15) is 0 Å². The predicted molar refractivity (Wildman–Crippen MR) is 103 cm³/mol. The van der Waals surface area contributed by atoms with E-state index < -0.39 is 0 Å². The zero-order valence-corrected chi connectivity index (χ0v) is 16.6. The zero-order valence-electron chi connectivity index (χ0n) is 16.6. The van der Waals surface area contributed by atoms with E-state index in [-0.39, 0.29) is 16.2 Å². The van der Waals surface area contributed by atoms with Gasteiger partial charge >= 0.3 is 0 Å². The van der Waals surface area contributed by atoms with Crippen LogP contribution in [0.5, 0.6) is 0 Å². The Hall–Kier alpha value is -1.77. The summed E-state index contributed by atoms with van der Waals surface area (Å²) >= 11 is 0. The fourth-order valence-corrected chi connectivity index (χ4v) is 4.78. The Morgan fingerprint density at radius 1 is 1.12 bits per heavy atom. The molecule has 0 N–H and O–H groups in total. The first kappa shape index (κ1) is 18.0. The molecular formula is C22H31N3. The summed E-state index contributed by atoms with van der Waals surface area (Å²) in [4.78, 5) is 13.3. The minimum atomic E-state index is 0.127. The molecule has 25 heavy (non-hydrogen) atoms. The number of rotatable bonds is 5. The second-order valence-electron chi connectivity index (χ2n) is 9.18. The van der Waals surface area contributed by atoms with Crippen molar-refractivity contribution in [2.24, 2.45) is 0 Å². The van der Waals surface area contributed by atoms with Gasteiger partial charge < -0.3 is 0 Å². The average Bonchev–Trinajstić information content (AvgIpc) is 2.80. The van der Waals surface area contributed by atoms with Gasteiger partial charge in [0.05, 0.1) is 5.69 Å². The highest BCUT2D eigenvalue weighted by Gasteiger charge is 2.46. The van der Waals surface area contributed by atoms with Crippen molar-refractivity contribution in [2.45, 2.75) is 83.5 Å². The molecule has 1 aliphatic carbocycles. The van der Waals surface area contributed by atoms with E-state index in [9.17, 15) is 0 Å². The van der Waals surface area contributed by atoms with Crippen molar-refractivity contribution in [2.75, 3.05) is 0 Å². The molecule has 0 saturated heterocycles. The minimum absolute atomic E-state index is 0.127. The highest BCUT2D eigenvalue weighted by Crippen LogP contribution is 2.51. The van der Waals surface area contributed by atoms with E-state index in [0.717, 1.165) is 25.7 Å². The van der Waals surface area contributed by atoms with Gasteiger partial charge in [0.2, 0.25) is 0 Å². The standard InChI is InChI=1S/C22H31N3/c1-7-16-12-23-11-8-17(16)20(2,3)9-10-22(6)14-21(4,5)19-18(22)13-24-15-25-19/h8,11-13,15H,7,9-10,14H2,1-6H3. The summed E-state index contributed by atoms with van der Waals surface area (Å²) in [5.41, 5.74) is 5.81. The summed E-state index contributed by atoms with van der Waals surface area (Å²) in [5, 5.41) is 0. The Morgan fingerprint density at radius 3 is 2.60 bits per heavy atom. The van der Waals surface area contributed by atoms with E-state index in [2.05, 4.69) is 62.6 Å². The molecule has 0 amide bonds. The van der Waals surface area contributed by atoms with E-state index in [1.807, 2.05) is 18.6 Å². The Morgan fingerprint density at radius 2 is 1.88 bits per heavy atom. The molecule has 0 bridgehead atoms. The zero-order chi connectivity index (χ0) is 18.3. The Bertz CT molecular complexity index is 763. The molecule has 2 aromatic heterocycles. The third kappa shape index (κ3) is 3.21. The van der Waals surface area contributed by atoms with Crippen LogP contribution in [-0.4, -0.2) is 15.0 Å². The summed E-state index contributed by atoms with van der Waals surface area (Å²) in [5.74, 6) is 0. The lowest BCUT2D eigenvalue weighted by Crippen LogP contribution is -2.27. The fourth-order valence-electron chi connectivity index (χ4n) is 4.78. The number of nitrogens with zero attached hydrogens (tertiary/aromatic N) is 3. The highest BCUT2D eigenvalue weighted by atomic mass is 14.9. The van der Waals surface area contributed by atoms with E-state index in [0.29, 0.717) is 0 Å². The molecular weight excluding hydrogens is 306 g/mol. The highest BCUT2D eigenvalue weighted by molar-refractivity contribution is 5.39. The van der Waals surface area contributed by atoms with Crippen molar-refractivity contribution >= 4 is 0 Å². The first-order valence-corrected chi connectivity index (χ1v) is 9.44. The van der Waals surface area contributed by atoms with Gasteiger partial charge in [0, 0.05) is 24.0 Å². The van der Waals surface area contributed by atoms with Gasteiger partial charge in [-0.1, -0.05) is 41.5 Å². The monoisotopic (exact) mass is 337 g/mol. The van der Waals surface area contributed by atoms with Crippen molar-refractivity contribution in [1.29, 1.82) is 0 Å². The second kappa shape index (κ2) is 6.19. The lowest BCUT2D eigenvalue weighted by Gasteiger charge is -2.33. The third-order valence-corrected chi connectivity index (χ3v) is 6.15. The van der Waals surface area contributed by atoms with Gasteiger partial charge in [-0.15, -0.1) is 0 Å². The Labute approximate surface area is 152 Å². The fraction of sp³-hybridized carbons (Fsp3) is 0.591. The molecule has 1 atom stereocenters. The quantitative estimate of drug-likeness (QED) is 0.759. The molecule has 0 aromatic carbocycles. The molecule has 0 radical (unpaired) electrons. The molecule has 134 valence electrons. The number of aryl methyl sites for hydroxylation is 1. The lowest BCUT2D eigenvalue weighted by atomic mass is 9.70. The average molecular weight is 338 g/mol. The number of hydrogen-bond donors (Lipinski definition) is 0. The number of aromatic nitrogens is 3. The van der Waals surface area contributed by atoms with Crippen LogP contribution in [0.4, 0.5) is 0 Å². The molecule has 0 fully saturated rings. The maximum absolute atomic E-state index is 4.62. The van der Waals surface area contributed by atoms with Crippen LogP contribution in [-0.2, 0) is 22.7 Å². The van der Waals surface area contributed by atoms with E-state index in [1.54, 1.807) is 6.33 Å². The first-order chi connectivity index (χ1) is 11.7. The SMILES string of the molecule is CCc1cnccc1C(C)(C)CCC1(C)CC(C)(C)c2ncncc21. The van der Waals surface area contributed by atoms with Crippen molar-refractivity contribution in [3.8, 4) is 0 Å². The van der Waals surface area contributed by atoms with Gasteiger partial charge in [0.1, 0.15) is 6.33 Å². The summed E-state index contributed by atoms with van der Waals surface area (Å²) < 4.78 is 0. The molecule has 3 rings (SSSR count). The second-order valence-corrected chi connectivity index (χ2v) is 9.18. The summed E-state index contributed by atoms with van der Waals surface area (Å²) in [7, 11) is 0. The summed E-state index contributed by atoms with van der Waals surface area (Å²) in [6, 6.07) is 2.21. The third-order valence-electron chi connectivity index (χ3n) is 6.15. The summed E-state index contributed by atoms with van der Waals surface area (Å²) in [6.45, 7) is 14.0.